The van der Waals surface area contributed by atoms with E-state index in [9.17, 15) is 9.90 Å². The molecule has 1 atom stereocenters. The van der Waals surface area contributed by atoms with E-state index in [0.29, 0.717) is 12.1 Å². The number of aliphatic hydroxyl groups excluding tert-OH is 1. The Morgan fingerprint density at radius 1 is 1.09 bits per heavy atom. The first-order valence-corrected chi connectivity index (χ1v) is 8.97. The summed E-state index contributed by atoms with van der Waals surface area (Å²) < 4.78 is 0. The highest BCUT2D eigenvalue weighted by molar-refractivity contribution is 5.81. The van der Waals surface area contributed by atoms with E-state index < -0.39 is 6.10 Å². The predicted octanol–water partition coefficient (Wildman–Crippen LogP) is 2.63. The zero-order valence-electron chi connectivity index (χ0n) is 13.8. The van der Waals surface area contributed by atoms with Crippen LogP contribution in [0.1, 0.15) is 56.6 Å². The summed E-state index contributed by atoms with van der Waals surface area (Å²) in [5.74, 6) is -0.277. The maximum absolute atomic E-state index is 12.4. The number of aliphatic hydroxyl groups is 1. The van der Waals surface area contributed by atoms with E-state index in [0.717, 1.165) is 25.9 Å². The van der Waals surface area contributed by atoms with Gasteiger partial charge in [-0.25, -0.2) is 0 Å². The molecule has 1 aromatic carbocycles. The first-order valence-electron chi connectivity index (χ1n) is 8.97. The molecule has 1 aromatic rings. The molecule has 1 saturated heterocycles. The molecule has 126 valence electrons. The van der Waals surface area contributed by atoms with Crippen molar-refractivity contribution in [1.29, 1.82) is 0 Å². The highest BCUT2D eigenvalue weighted by Crippen LogP contribution is 2.35. The predicted molar refractivity (Wildman–Crippen MR) is 91.0 cm³/mol. The van der Waals surface area contributed by atoms with Crippen LogP contribution in [-0.4, -0.2) is 41.1 Å². The Morgan fingerprint density at radius 2 is 1.74 bits per heavy atom. The average Bonchev–Trinajstić information content (AvgIpc) is 3.16. The van der Waals surface area contributed by atoms with Gasteiger partial charge in [-0.3, -0.25) is 9.69 Å². The molecule has 2 N–H and O–H groups in total. The summed E-state index contributed by atoms with van der Waals surface area (Å²) in [7, 11) is 0. The lowest BCUT2D eigenvalue weighted by molar-refractivity contribution is -0.130. The summed E-state index contributed by atoms with van der Waals surface area (Å²) in [6.45, 7) is 2.96. The molecule has 0 spiro atoms. The van der Waals surface area contributed by atoms with Crippen LogP contribution < -0.4 is 5.32 Å². The van der Waals surface area contributed by atoms with Crippen molar-refractivity contribution in [1.82, 2.24) is 10.2 Å². The lowest BCUT2D eigenvalue weighted by Crippen LogP contribution is -2.56. The highest BCUT2D eigenvalue weighted by atomic mass is 16.3. The van der Waals surface area contributed by atoms with Gasteiger partial charge in [0.1, 0.15) is 0 Å². The second kappa shape index (κ2) is 7.45. The van der Waals surface area contributed by atoms with Gasteiger partial charge in [-0.15, -0.1) is 0 Å². The molecule has 1 aliphatic carbocycles. The minimum atomic E-state index is -1.07. The molecule has 1 unspecified atom stereocenters. The summed E-state index contributed by atoms with van der Waals surface area (Å²) >= 11 is 0. The van der Waals surface area contributed by atoms with Gasteiger partial charge in [-0.05, 0) is 44.3 Å². The fraction of sp³-hybridized carbons (Fsp3) is 0.632. The van der Waals surface area contributed by atoms with Crippen LogP contribution in [0.2, 0.25) is 0 Å². The van der Waals surface area contributed by atoms with E-state index in [-0.39, 0.29) is 11.4 Å². The second-order valence-corrected chi connectivity index (χ2v) is 7.01. The number of carbonyl (C=O) groups excluding carboxylic acids is 1. The van der Waals surface area contributed by atoms with Crippen molar-refractivity contribution in [2.24, 2.45) is 0 Å². The molecule has 0 bridgehead atoms. The third-order valence-corrected chi connectivity index (χ3v) is 5.52. The first kappa shape index (κ1) is 16.5. The zero-order valence-corrected chi connectivity index (χ0v) is 13.8. The maximum Gasteiger partial charge on any atom is 0.253 e. The van der Waals surface area contributed by atoms with Crippen LogP contribution in [0, 0.1) is 0 Å². The molecular formula is C19H28N2O2. The number of amides is 1. The molecular weight excluding hydrogens is 288 g/mol. The van der Waals surface area contributed by atoms with Crippen molar-refractivity contribution in [3.8, 4) is 0 Å². The molecule has 0 radical (unpaired) electrons. The first-order chi connectivity index (χ1) is 11.2. The van der Waals surface area contributed by atoms with Crippen LogP contribution in [-0.2, 0) is 4.79 Å². The SMILES string of the molecule is O=C(NCC1(N2CCCC2)CCCCC1)C(O)c1ccccc1. The Morgan fingerprint density at radius 3 is 2.39 bits per heavy atom. The van der Waals surface area contributed by atoms with Crippen molar-refractivity contribution in [2.45, 2.75) is 56.6 Å². The van der Waals surface area contributed by atoms with Gasteiger partial charge in [0, 0.05) is 12.1 Å². The fourth-order valence-corrected chi connectivity index (χ4v) is 4.14. The number of nitrogens with one attached hydrogen (secondary N) is 1. The number of hydrogen-bond donors (Lipinski definition) is 2. The smallest absolute Gasteiger partial charge is 0.253 e. The van der Waals surface area contributed by atoms with E-state index in [2.05, 4.69) is 10.2 Å². The van der Waals surface area contributed by atoms with Crippen LogP contribution >= 0.6 is 0 Å². The normalized spacial score (nSPS) is 22.7. The Labute approximate surface area is 138 Å². The summed E-state index contributed by atoms with van der Waals surface area (Å²) in [6.07, 6.45) is 7.57. The number of benzene rings is 1. The Hall–Kier alpha value is -1.39. The molecule has 1 saturated carbocycles. The largest absolute Gasteiger partial charge is 0.378 e. The molecule has 23 heavy (non-hydrogen) atoms. The van der Waals surface area contributed by atoms with Crippen LogP contribution in [0.25, 0.3) is 0 Å². The van der Waals surface area contributed by atoms with Crippen LogP contribution in [0.5, 0.6) is 0 Å². The molecule has 3 rings (SSSR count). The third-order valence-electron chi connectivity index (χ3n) is 5.52. The maximum atomic E-state index is 12.4. The fourth-order valence-electron chi connectivity index (χ4n) is 4.14. The van der Waals surface area contributed by atoms with Crippen molar-refractivity contribution in [2.75, 3.05) is 19.6 Å². The number of hydrogen-bond acceptors (Lipinski definition) is 3. The number of rotatable bonds is 5. The number of carbonyl (C=O) groups is 1. The summed E-state index contributed by atoms with van der Waals surface area (Å²) in [4.78, 5) is 14.9. The molecule has 1 heterocycles. The standard InChI is InChI=1S/C19H28N2O2/c22-17(16-9-3-1-4-10-16)18(23)20-15-19(11-5-2-6-12-19)21-13-7-8-14-21/h1,3-4,9-10,17,22H,2,5-8,11-15H2,(H,20,23). The van der Waals surface area contributed by atoms with Gasteiger partial charge in [0.2, 0.25) is 0 Å². The zero-order chi connectivity index (χ0) is 16.1. The minimum Gasteiger partial charge on any atom is -0.378 e. The van der Waals surface area contributed by atoms with Gasteiger partial charge in [-0.1, -0.05) is 49.6 Å². The minimum absolute atomic E-state index is 0.112. The second-order valence-electron chi connectivity index (χ2n) is 7.01. The van der Waals surface area contributed by atoms with Crippen LogP contribution in [0.4, 0.5) is 0 Å². The monoisotopic (exact) mass is 316 g/mol. The molecule has 2 fully saturated rings. The van der Waals surface area contributed by atoms with Gasteiger partial charge >= 0.3 is 0 Å². The molecule has 2 aliphatic rings. The lowest BCUT2D eigenvalue weighted by Gasteiger charge is -2.45. The van der Waals surface area contributed by atoms with Crippen LogP contribution in [0.15, 0.2) is 30.3 Å². The van der Waals surface area contributed by atoms with Gasteiger partial charge in [-0.2, -0.15) is 0 Å². The van der Waals surface area contributed by atoms with E-state index in [1.165, 1.54) is 32.1 Å². The third kappa shape index (κ3) is 3.75. The average molecular weight is 316 g/mol. The topological polar surface area (TPSA) is 52.6 Å². The van der Waals surface area contributed by atoms with Crippen molar-refractivity contribution >= 4 is 5.91 Å². The number of nitrogens with zero attached hydrogens (tertiary/aromatic N) is 1. The Kier molecular flexibility index (Phi) is 5.34. The van der Waals surface area contributed by atoms with E-state index in [1.54, 1.807) is 12.1 Å². The summed E-state index contributed by atoms with van der Waals surface area (Å²) in [5.41, 5.74) is 0.768. The van der Waals surface area contributed by atoms with Gasteiger partial charge in [0.25, 0.3) is 5.91 Å². The molecule has 4 heteroatoms. The molecule has 1 aliphatic heterocycles. The van der Waals surface area contributed by atoms with E-state index >= 15 is 0 Å². The van der Waals surface area contributed by atoms with Crippen molar-refractivity contribution < 1.29 is 9.90 Å². The summed E-state index contributed by atoms with van der Waals surface area (Å²) in [6, 6.07) is 9.16. The Bertz CT molecular complexity index is 505. The van der Waals surface area contributed by atoms with Crippen LogP contribution in [0.3, 0.4) is 0 Å². The molecule has 1 amide bonds. The molecule has 4 nitrogen and oxygen atoms in total. The number of likely N-dealkylation sites (tertiary alicyclic amines) is 1. The van der Waals surface area contributed by atoms with E-state index in [4.69, 9.17) is 0 Å². The summed E-state index contributed by atoms with van der Waals surface area (Å²) in [5, 5.41) is 13.3. The Balaban J connectivity index is 1.63. The lowest BCUT2D eigenvalue weighted by atomic mass is 9.80. The van der Waals surface area contributed by atoms with E-state index in [1.807, 2.05) is 18.2 Å². The van der Waals surface area contributed by atoms with Crippen molar-refractivity contribution in [3.63, 3.8) is 0 Å². The molecule has 0 aromatic heterocycles. The van der Waals surface area contributed by atoms with Crippen molar-refractivity contribution in [3.05, 3.63) is 35.9 Å². The van der Waals surface area contributed by atoms with Gasteiger partial charge in [0.15, 0.2) is 6.10 Å². The quantitative estimate of drug-likeness (QED) is 0.878. The van der Waals surface area contributed by atoms with Gasteiger partial charge < -0.3 is 10.4 Å². The highest BCUT2D eigenvalue weighted by Gasteiger charge is 2.39. The van der Waals surface area contributed by atoms with Gasteiger partial charge in [0.05, 0.1) is 0 Å².